The number of amides is 1. The molecule has 1 saturated carbocycles. The van der Waals surface area contributed by atoms with Gasteiger partial charge in [-0.05, 0) is 62.1 Å². The number of rotatable bonds is 12. The molecule has 4 atom stereocenters. The summed E-state index contributed by atoms with van der Waals surface area (Å²) < 4.78 is 14.1. The molecule has 0 saturated heterocycles. The van der Waals surface area contributed by atoms with E-state index in [0.717, 1.165) is 28.2 Å². The molecule has 282 valence electrons. The number of carbonyl (C=O) groups excluding carboxylic acids is 1. The Bertz CT molecular complexity index is 2210. The Morgan fingerprint density at radius 1 is 1.00 bits per heavy atom. The molecule has 1 spiro atoms. The molecular formula is C42H38BrN3O7S2. The second-order valence-electron chi connectivity index (χ2n) is 14.0. The molecular weight excluding hydrogens is 803 g/mol. The van der Waals surface area contributed by atoms with Crippen molar-refractivity contribution in [1.82, 2.24) is 4.90 Å². The lowest BCUT2D eigenvalue weighted by molar-refractivity contribution is -0.384. The van der Waals surface area contributed by atoms with E-state index in [-0.39, 0.29) is 42.7 Å². The molecule has 0 radical (unpaired) electrons. The van der Waals surface area contributed by atoms with Gasteiger partial charge in [-0.2, -0.15) is 11.8 Å². The van der Waals surface area contributed by atoms with Gasteiger partial charge in [0.15, 0.2) is 0 Å². The molecule has 1 aromatic heterocycles. The van der Waals surface area contributed by atoms with E-state index in [0.29, 0.717) is 52.3 Å². The molecule has 55 heavy (non-hydrogen) atoms. The zero-order valence-corrected chi connectivity index (χ0v) is 32.9. The van der Waals surface area contributed by atoms with Gasteiger partial charge < -0.3 is 24.3 Å². The SMILES string of the molecule is O=C(c1cccs1)N1Cc2cc(OCc3cccc([N+](=O)[O-])c3)c(Br)c3c2C2(C[C@H]1CO)[C@@H](C/C(=N/OCc1ccccc1)C[C@H]2SCc1ccccc1)O3. The predicted octanol–water partition coefficient (Wildman–Crippen LogP) is 9.07. The Morgan fingerprint density at radius 3 is 2.49 bits per heavy atom. The van der Waals surface area contributed by atoms with Gasteiger partial charge in [0.2, 0.25) is 0 Å². The Kier molecular flexibility index (Phi) is 11.0. The minimum Gasteiger partial charge on any atom is -0.488 e. The monoisotopic (exact) mass is 839 g/mol. The van der Waals surface area contributed by atoms with Gasteiger partial charge in [-0.3, -0.25) is 14.9 Å². The Balaban J connectivity index is 1.21. The van der Waals surface area contributed by atoms with E-state index in [2.05, 4.69) is 28.1 Å². The molecule has 1 aliphatic carbocycles. The number of nitrogens with zero attached hydrogens (tertiary/aromatic N) is 3. The van der Waals surface area contributed by atoms with Crippen molar-refractivity contribution < 1.29 is 29.1 Å². The van der Waals surface area contributed by atoms with Gasteiger partial charge in [0.05, 0.1) is 33.6 Å². The van der Waals surface area contributed by atoms with Gasteiger partial charge in [-0.1, -0.05) is 84.0 Å². The van der Waals surface area contributed by atoms with E-state index in [1.165, 1.54) is 29.0 Å². The van der Waals surface area contributed by atoms with Crippen molar-refractivity contribution in [2.24, 2.45) is 5.16 Å². The molecule has 1 amide bonds. The summed E-state index contributed by atoms with van der Waals surface area (Å²) in [6, 6.07) is 31.8. The zero-order valence-electron chi connectivity index (χ0n) is 29.7. The van der Waals surface area contributed by atoms with Crippen LogP contribution in [0.2, 0.25) is 0 Å². The fourth-order valence-electron chi connectivity index (χ4n) is 8.07. The first kappa shape index (κ1) is 37.2. The highest BCUT2D eigenvalue weighted by molar-refractivity contribution is 9.10. The number of non-ortho nitro benzene ring substituents is 1. The highest BCUT2D eigenvalue weighted by atomic mass is 79.9. The minimum atomic E-state index is -0.610. The van der Waals surface area contributed by atoms with Gasteiger partial charge >= 0.3 is 0 Å². The molecule has 13 heteroatoms. The lowest BCUT2D eigenvalue weighted by Gasteiger charge is -2.46. The van der Waals surface area contributed by atoms with Crippen LogP contribution in [0, 0.1) is 10.1 Å². The van der Waals surface area contributed by atoms with Gasteiger partial charge in [-0.15, -0.1) is 11.3 Å². The quantitative estimate of drug-likeness (QED) is 0.0976. The lowest BCUT2D eigenvalue weighted by atomic mass is 9.64. The van der Waals surface area contributed by atoms with Gasteiger partial charge in [0.25, 0.3) is 11.6 Å². The molecule has 0 bridgehead atoms. The van der Waals surface area contributed by atoms with Crippen LogP contribution in [-0.4, -0.2) is 50.6 Å². The number of oxime groups is 1. The number of benzene rings is 4. The molecule has 3 heterocycles. The zero-order chi connectivity index (χ0) is 37.9. The molecule has 1 fully saturated rings. The first-order chi connectivity index (χ1) is 26.8. The standard InChI is InChI=1S/C42H38BrN3O7S2/c43-39-34(51-24-29-13-7-14-32(17-29)46(49)50)18-30-22-45(41(48)35-15-8-16-54-35)33(23-47)21-42-36(53-40(39)38(30)42)19-31(44-52-25-27-9-3-1-4-10-27)20-37(42)55-26-28-11-5-2-6-12-28/h1-18,33,36-37,47H,19-26H2/b44-31-/t33-,36+,37+,42?/m0/s1. The van der Waals surface area contributed by atoms with Crippen LogP contribution in [0.15, 0.2) is 118 Å². The molecule has 1 N–H and O–H groups in total. The van der Waals surface area contributed by atoms with E-state index >= 15 is 0 Å². The van der Waals surface area contributed by atoms with Crippen LogP contribution in [0.4, 0.5) is 5.69 Å². The number of carbonyl (C=O) groups is 1. The fourth-order valence-corrected chi connectivity index (χ4v) is 10.8. The van der Waals surface area contributed by atoms with E-state index in [1.807, 2.05) is 83.9 Å². The van der Waals surface area contributed by atoms with E-state index in [4.69, 9.17) is 19.5 Å². The first-order valence-corrected chi connectivity index (χ1v) is 20.8. The van der Waals surface area contributed by atoms with Crippen LogP contribution in [0.5, 0.6) is 11.5 Å². The van der Waals surface area contributed by atoms with Crippen LogP contribution in [0.25, 0.3) is 0 Å². The van der Waals surface area contributed by atoms with Gasteiger partial charge in [0.1, 0.15) is 35.3 Å². The van der Waals surface area contributed by atoms with Gasteiger partial charge in [0, 0.05) is 48.1 Å². The van der Waals surface area contributed by atoms with Gasteiger partial charge in [-0.25, -0.2) is 0 Å². The van der Waals surface area contributed by atoms with E-state index in [1.54, 1.807) is 17.0 Å². The number of halogens is 1. The lowest BCUT2D eigenvalue weighted by Crippen LogP contribution is -2.55. The molecule has 2 aliphatic heterocycles. The largest absolute Gasteiger partial charge is 0.488 e. The third-order valence-corrected chi connectivity index (χ3v) is 13.7. The number of hydrogen-bond acceptors (Lipinski definition) is 10. The highest BCUT2D eigenvalue weighted by Crippen LogP contribution is 2.61. The van der Waals surface area contributed by atoms with Crippen molar-refractivity contribution in [2.45, 2.75) is 67.6 Å². The van der Waals surface area contributed by atoms with Crippen LogP contribution < -0.4 is 9.47 Å². The van der Waals surface area contributed by atoms with E-state index < -0.39 is 16.4 Å². The maximum Gasteiger partial charge on any atom is 0.269 e. The van der Waals surface area contributed by atoms with Crippen molar-refractivity contribution >= 4 is 56.3 Å². The minimum absolute atomic E-state index is 0.0166. The normalized spacial score (nSPS) is 22.0. The molecule has 1 unspecified atom stereocenters. The molecule has 3 aliphatic rings. The average molecular weight is 841 g/mol. The summed E-state index contributed by atoms with van der Waals surface area (Å²) in [5, 5.41) is 29.1. The summed E-state index contributed by atoms with van der Waals surface area (Å²) in [4.78, 5) is 33.7. The number of ether oxygens (including phenoxy) is 2. The number of nitro benzene ring substituents is 1. The summed E-state index contributed by atoms with van der Waals surface area (Å²) >= 11 is 7.07. The second-order valence-corrected chi connectivity index (χ2v) is 16.9. The Labute approximate surface area is 335 Å². The third kappa shape index (κ3) is 7.50. The average Bonchev–Trinajstić information content (AvgIpc) is 3.84. The number of thiophene rings is 1. The molecule has 8 rings (SSSR count). The smallest absolute Gasteiger partial charge is 0.269 e. The summed E-state index contributed by atoms with van der Waals surface area (Å²) in [6.07, 6.45) is 1.23. The number of aliphatic hydroxyl groups excluding tert-OH is 1. The van der Waals surface area contributed by atoms with Crippen molar-refractivity contribution in [1.29, 1.82) is 0 Å². The van der Waals surface area contributed by atoms with Crippen LogP contribution in [0.3, 0.4) is 0 Å². The third-order valence-electron chi connectivity index (χ3n) is 10.6. The maximum absolute atomic E-state index is 14.2. The summed E-state index contributed by atoms with van der Waals surface area (Å²) in [5.74, 6) is 1.75. The Hall–Kier alpha value is -4.69. The highest BCUT2D eigenvalue weighted by Gasteiger charge is 2.61. The first-order valence-electron chi connectivity index (χ1n) is 18.0. The predicted molar refractivity (Wildman–Crippen MR) is 217 cm³/mol. The number of nitro groups is 1. The molecule has 5 aromatic rings. The molecule has 4 aromatic carbocycles. The van der Waals surface area contributed by atoms with Crippen molar-refractivity contribution in [3.05, 3.63) is 156 Å². The Morgan fingerprint density at radius 2 is 1.76 bits per heavy atom. The van der Waals surface area contributed by atoms with Crippen LogP contribution in [0.1, 0.15) is 56.8 Å². The van der Waals surface area contributed by atoms with Crippen molar-refractivity contribution in [2.75, 3.05) is 6.61 Å². The number of aliphatic hydroxyl groups is 1. The van der Waals surface area contributed by atoms with Crippen molar-refractivity contribution in [3.8, 4) is 11.5 Å². The van der Waals surface area contributed by atoms with Crippen molar-refractivity contribution in [3.63, 3.8) is 0 Å². The topological polar surface area (TPSA) is 124 Å². The fraction of sp³-hybridized carbons (Fsp3) is 0.286. The van der Waals surface area contributed by atoms with Crippen LogP contribution >= 0.6 is 39.0 Å². The summed E-state index contributed by atoms with van der Waals surface area (Å²) in [7, 11) is 0. The molecule has 10 nitrogen and oxygen atoms in total. The number of thioether (sulfide) groups is 1. The summed E-state index contributed by atoms with van der Waals surface area (Å²) in [6.45, 7) is 0.439. The van der Waals surface area contributed by atoms with E-state index in [9.17, 15) is 20.0 Å². The van der Waals surface area contributed by atoms with Crippen LogP contribution in [-0.2, 0) is 35.8 Å². The maximum atomic E-state index is 14.2. The second kappa shape index (κ2) is 16.2. The number of hydrogen-bond donors (Lipinski definition) is 1. The summed E-state index contributed by atoms with van der Waals surface area (Å²) in [5.41, 5.74) is 5.01.